The van der Waals surface area contributed by atoms with Crippen molar-refractivity contribution in [3.8, 4) is 11.1 Å². The van der Waals surface area contributed by atoms with E-state index < -0.39 is 16.9 Å². The van der Waals surface area contributed by atoms with E-state index in [1.54, 1.807) is 26.0 Å². The first kappa shape index (κ1) is 28.0. The molecule has 212 valence electrons. The zero-order valence-electron chi connectivity index (χ0n) is 23.1. The van der Waals surface area contributed by atoms with Crippen LogP contribution in [-0.2, 0) is 20.7 Å². The van der Waals surface area contributed by atoms with Gasteiger partial charge in [0.1, 0.15) is 0 Å². The molecule has 0 bridgehead atoms. The maximum Gasteiger partial charge on any atom is 0.338 e. The average Bonchev–Trinajstić information content (AvgIpc) is 3.42. The first-order chi connectivity index (χ1) is 19.8. The maximum atomic E-state index is 13.3. The lowest BCUT2D eigenvalue weighted by Crippen LogP contribution is -2.50. The molecule has 1 N–H and O–H groups in total. The molecule has 2 aliphatic rings. The number of nitrogens with zero attached hydrogens (tertiary/aromatic N) is 2. The third-order valence-electron chi connectivity index (χ3n) is 7.64. The summed E-state index contributed by atoms with van der Waals surface area (Å²) in [4.78, 5) is 38.4. The molecule has 2 heterocycles. The number of hydrogen-bond acceptors (Lipinski definition) is 6. The monoisotopic (exact) mass is 555 g/mol. The highest BCUT2D eigenvalue weighted by atomic mass is 16.6. The minimum Gasteiger partial charge on any atom is -0.463 e. The maximum absolute atomic E-state index is 13.3. The van der Waals surface area contributed by atoms with E-state index in [1.165, 1.54) is 33.7 Å². The van der Waals surface area contributed by atoms with Crippen LogP contribution in [-0.4, -0.2) is 47.2 Å². The molecule has 0 aromatic heterocycles. The highest BCUT2D eigenvalue weighted by Crippen LogP contribution is 2.34. The standard InChI is InChI=1S/C32H33N3O6/c1-3-40-31(36)29-21(2)34(32(37)33-30(29)25-13-15-26(16-14-25)35(38)39)20-28-18-17-27(41-28)19-22-9-11-24(12-10-22)23-7-5-4-6-8-23/h4-16,27-28,30H,3,17-20H2,1-2H3,(H,33,37)/t27-,28-,30?/m0/s1. The first-order valence-electron chi connectivity index (χ1n) is 13.8. The predicted molar refractivity (Wildman–Crippen MR) is 154 cm³/mol. The number of nitro benzene ring substituents is 1. The smallest absolute Gasteiger partial charge is 0.338 e. The Morgan fingerprint density at radius 1 is 1.00 bits per heavy atom. The minimum absolute atomic E-state index is 0.0390. The van der Waals surface area contributed by atoms with E-state index in [4.69, 9.17) is 9.47 Å². The Morgan fingerprint density at radius 2 is 1.66 bits per heavy atom. The van der Waals surface area contributed by atoms with Crippen LogP contribution in [0.25, 0.3) is 11.1 Å². The predicted octanol–water partition coefficient (Wildman–Crippen LogP) is 5.96. The number of nitro groups is 1. The molecule has 1 fully saturated rings. The van der Waals surface area contributed by atoms with Gasteiger partial charge in [-0.05, 0) is 67.5 Å². The summed E-state index contributed by atoms with van der Waals surface area (Å²) in [6, 6.07) is 23.4. The number of nitrogens with one attached hydrogen (secondary N) is 1. The quantitative estimate of drug-likeness (QED) is 0.198. The summed E-state index contributed by atoms with van der Waals surface area (Å²) in [5.74, 6) is -0.539. The Hall–Kier alpha value is -4.50. The summed E-state index contributed by atoms with van der Waals surface area (Å²) in [7, 11) is 0. The average molecular weight is 556 g/mol. The summed E-state index contributed by atoms with van der Waals surface area (Å²) >= 11 is 0. The van der Waals surface area contributed by atoms with E-state index in [0.717, 1.165) is 19.3 Å². The van der Waals surface area contributed by atoms with Crippen LogP contribution < -0.4 is 5.32 Å². The van der Waals surface area contributed by atoms with Gasteiger partial charge in [-0.2, -0.15) is 0 Å². The number of non-ortho nitro benzene ring substituents is 1. The molecule has 0 aliphatic carbocycles. The molecule has 41 heavy (non-hydrogen) atoms. The molecule has 2 aliphatic heterocycles. The van der Waals surface area contributed by atoms with Gasteiger partial charge in [0, 0.05) is 17.8 Å². The summed E-state index contributed by atoms with van der Waals surface area (Å²) in [5, 5.41) is 14.0. The number of amides is 2. The molecule has 2 amide bonds. The highest BCUT2D eigenvalue weighted by Gasteiger charge is 2.38. The largest absolute Gasteiger partial charge is 0.463 e. The topological polar surface area (TPSA) is 111 Å². The second-order valence-electron chi connectivity index (χ2n) is 10.3. The van der Waals surface area contributed by atoms with Crippen LogP contribution in [0.3, 0.4) is 0 Å². The van der Waals surface area contributed by atoms with Crippen LogP contribution in [0.5, 0.6) is 0 Å². The van der Waals surface area contributed by atoms with Crippen LogP contribution in [0, 0.1) is 10.1 Å². The Kier molecular flexibility index (Phi) is 8.45. The third-order valence-corrected chi connectivity index (χ3v) is 7.64. The highest BCUT2D eigenvalue weighted by molar-refractivity contribution is 5.95. The van der Waals surface area contributed by atoms with Crippen molar-refractivity contribution in [1.82, 2.24) is 10.2 Å². The number of hydrogen-bond donors (Lipinski definition) is 1. The summed E-state index contributed by atoms with van der Waals surface area (Å²) < 4.78 is 11.7. The number of benzene rings is 3. The van der Waals surface area contributed by atoms with Gasteiger partial charge in [0.05, 0.1) is 41.9 Å². The Balaban J connectivity index is 1.27. The van der Waals surface area contributed by atoms with Crippen LogP contribution in [0.2, 0.25) is 0 Å². The number of esters is 1. The molecule has 0 saturated carbocycles. The van der Waals surface area contributed by atoms with E-state index in [0.29, 0.717) is 23.4 Å². The molecule has 9 heteroatoms. The van der Waals surface area contributed by atoms with Gasteiger partial charge in [0.2, 0.25) is 0 Å². The minimum atomic E-state index is -0.783. The van der Waals surface area contributed by atoms with Crippen molar-refractivity contribution in [3.05, 3.63) is 111 Å². The number of carbonyl (C=O) groups is 2. The van der Waals surface area contributed by atoms with Gasteiger partial charge >= 0.3 is 12.0 Å². The summed E-state index contributed by atoms with van der Waals surface area (Å²) in [5.41, 5.74) is 4.81. The van der Waals surface area contributed by atoms with Crippen molar-refractivity contribution in [2.24, 2.45) is 0 Å². The molecule has 0 spiro atoms. The van der Waals surface area contributed by atoms with Gasteiger partial charge in [0.25, 0.3) is 5.69 Å². The van der Waals surface area contributed by atoms with Crippen molar-refractivity contribution in [3.63, 3.8) is 0 Å². The zero-order valence-corrected chi connectivity index (χ0v) is 23.1. The fraction of sp³-hybridized carbons (Fsp3) is 0.312. The van der Waals surface area contributed by atoms with Crippen LogP contribution in [0.15, 0.2) is 90.1 Å². The molecule has 3 aromatic rings. The first-order valence-corrected chi connectivity index (χ1v) is 13.8. The van der Waals surface area contributed by atoms with E-state index in [1.807, 2.05) is 18.2 Å². The fourth-order valence-electron chi connectivity index (χ4n) is 5.51. The van der Waals surface area contributed by atoms with Gasteiger partial charge in [0.15, 0.2) is 0 Å². The van der Waals surface area contributed by atoms with Crippen LogP contribution >= 0.6 is 0 Å². The van der Waals surface area contributed by atoms with Gasteiger partial charge < -0.3 is 14.8 Å². The van der Waals surface area contributed by atoms with Gasteiger partial charge in [-0.15, -0.1) is 0 Å². The molecule has 1 saturated heterocycles. The van der Waals surface area contributed by atoms with Gasteiger partial charge in [-0.1, -0.05) is 54.6 Å². The second kappa shape index (κ2) is 12.3. The van der Waals surface area contributed by atoms with Crippen molar-refractivity contribution >= 4 is 17.7 Å². The third kappa shape index (κ3) is 6.30. The van der Waals surface area contributed by atoms with Crippen LogP contribution in [0.1, 0.15) is 43.9 Å². The van der Waals surface area contributed by atoms with Crippen molar-refractivity contribution in [2.45, 2.75) is 51.4 Å². The lowest BCUT2D eigenvalue weighted by Gasteiger charge is -2.36. The van der Waals surface area contributed by atoms with Crippen molar-refractivity contribution in [2.75, 3.05) is 13.2 Å². The van der Waals surface area contributed by atoms with Crippen molar-refractivity contribution < 1.29 is 24.0 Å². The molecule has 1 unspecified atom stereocenters. The van der Waals surface area contributed by atoms with E-state index in [2.05, 4.69) is 41.7 Å². The number of ether oxygens (including phenoxy) is 2. The Labute approximate surface area is 238 Å². The molecular weight excluding hydrogens is 522 g/mol. The molecule has 3 aromatic carbocycles. The van der Waals surface area contributed by atoms with Gasteiger partial charge in [-0.25, -0.2) is 9.59 Å². The van der Waals surface area contributed by atoms with Gasteiger partial charge in [-0.3, -0.25) is 15.0 Å². The molecule has 9 nitrogen and oxygen atoms in total. The number of allylic oxidation sites excluding steroid dienone is 1. The Morgan fingerprint density at radius 3 is 2.32 bits per heavy atom. The lowest BCUT2D eigenvalue weighted by atomic mass is 9.94. The van der Waals surface area contributed by atoms with Crippen LogP contribution in [0.4, 0.5) is 10.5 Å². The summed E-state index contributed by atoms with van der Waals surface area (Å²) in [6.45, 7) is 3.92. The molecule has 0 radical (unpaired) electrons. The number of carbonyl (C=O) groups excluding carboxylic acids is 2. The molecular formula is C32H33N3O6. The van der Waals surface area contributed by atoms with E-state index >= 15 is 0 Å². The fourth-order valence-corrected chi connectivity index (χ4v) is 5.51. The molecule has 3 atom stereocenters. The SMILES string of the molecule is CCOC(=O)C1=C(C)N(C[C@@H]2CC[C@@H](Cc3ccc(-c4ccccc4)cc3)O2)C(=O)NC1c1ccc([N+](=O)[O-])cc1. The van der Waals surface area contributed by atoms with Crippen molar-refractivity contribution in [1.29, 1.82) is 0 Å². The molecule has 5 rings (SSSR count). The number of rotatable bonds is 9. The zero-order chi connectivity index (χ0) is 28.9. The van der Waals surface area contributed by atoms with E-state index in [-0.39, 0.29) is 30.5 Å². The lowest BCUT2D eigenvalue weighted by molar-refractivity contribution is -0.384. The summed E-state index contributed by atoms with van der Waals surface area (Å²) in [6.07, 6.45) is 2.31. The normalized spacial score (nSPS) is 20.6. The second-order valence-corrected chi connectivity index (χ2v) is 10.3. The Bertz CT molecular complexity index is 1440. The van der Waals surface area contributed by atoms with E-state index in [9.17, 15) is 19.7 Å². The number of urea groups is 1.